The second-order valence-corrected chi connectivity index (χ2v) is 4.61. The minimum Gasteiger partial charge on any atom is -0.385 e. The van der Waals surface area contributed by atoms with Crippen molar-refractivity contribution in [1.29, 1.82) is 0 Å². The van der Waals surface area contributed by atoms with Gasteiger partial charge in [-0.15, -0.1) is 0 Å². The van der Waals surface area contributed by atoms with Crippen molar-refractivity contribution in [3.05, 3.63) is 0 Å². The Morgan fingerprint density at radius 1 is 1.69 bits per heavy atom. The van der Waals surface area contributed by atoms with Crippen LogP contribution in [0, 0.1) is 5.41 Å². The van der Waals surface area contributed by atoms with Gasteiger partial charge in [-0.1, -0.05) is 0 Å². The summed E-state index contributed by atoms with van der Waals surface area (Å²) < 4.78 is 10.2. The van der Waals surface area contributed by atoms with Gasteiger partial charge in [0.1, 0.15) is 0 Å². The highest BCUT2D eigenvalue weighted by atomic mass is 16.5. The van der Waals surface area contributed by atoms with Crippen LogP contribution in [0.5, 0.6) is 0 Å². The molecule has 1 amide bonds. The van der Waals surface area contributed by atoms with Gasteiger partial charge >= 0.3 is 0 Å². The minimum atomic E-state index is -0.568. The van der Waals surface area contributed by atoms with Crippen LogP contribution in [-0.4, -0.2) is 57.4 Å². The number of amides is 1. The van der Waals surface area contributed by atoms with Gasteiger partial charge in [0, 0.05) is 33.4 Å². The first-order chi connectivity index (χ1) is 7.52. The van der Waals surface area contributed by atoms with Gasteiger partial charge in [0.2, 0.25) is 5.91 Å². The normalized spacial score (nSPS) is 29.4. The summed E-state index contributed by atoms with van der Waals surface area (Å²) in [6.07, 6.45) is 0.838. The zero-order chi connectivity index (χ0) is 12.2. The molecular weight excluding hydrogens is 208 g/mol. The topological polar surface area (TPSA) is 64.8 Å². The van der Waals surface area contributed by atoms with Crippen LogP contribution >= 0.6 is 0 Å². The smallest absolute Gasteiger partial charge is 0.232 e. The molecule has 1 aliphatic rings. The van der Waals surface area contributed by atoms with Crippen molar-refractivity contribution >= 4 is 5.91 Å². The summed E-state index contributed by atoms with van der Waals surface area (Å²) in [4.78, 5) is 13.9. The third kappa shape index (κ3) is 2.72. The number of hydrogen-bond acceptors (Lipinski definition) is 4. The lowest BCUT2D eigenvalue weighted by molar-refractivity contribution is -0.140. The Kier molecular flexibility index (Phi) is 4.70. The number of nitrogens with two attached hydrogens (primary N) is 1. The van der Waals surface area contributed by atoms with E-state index in [1.54, 1.807) is 19.1 Å². The Morgan fingerprint density at radius 2 is 2.38 bits per heavy atom. The van der Waals surface area contributed by atoms with Crippen molar-refractivity contribution in [3.8, 4) is 0 Å². The number of ether oxygens (including phenoxy) is 2. The SMILES string of the molecule is COCCCN(C)C(=O)C1(C)COCC1N. The molecule has 1 rings (SSSR count). The highest BCUT2D eigenvalue weighted by Gasteiger charge is 2.45. The third-order valence-corrected chi connectivity index (χ3v) is 3.19. The molecule has 1 heterocycles. The zero-order valence-corrected chi connectivity index (χ0v) is 10.4. The van der Waals surface area contributed by atoms with Crippen LogP contribution in [0.15, 0.2) is 0 Å². The molecule has 2 atom stereocenters. The van der Waals surface area contributed by atoms with Gasteiger partial charge in [-0.2, -0.15) is 0 Å². The number of carbonyl (C=O) groups is 1. The summed E-state index contributed by atoms with van der Waals surface area (Å²) in [5.41, 5.74) is 5.34. The molecule has 94 valence electrons. The van der Waals surface area contributed by atoms with E-state index in [1.165, 1.54) is 0 Å². The summed E-state index contributed by atoms with van der Waals surface area (Å²) in [6.45, 7) is 4.11. The lowest BCUT2D eigenvalue weighted by Crippen LogP contribution is -2.50. The van der Waals surface area contributed by atoms with Crippen LogP contribution < -0.4 is 5.73 Å². The molecule has 0 spiro atoms. The van der Waals surface area contributed by atoms with E-state index >= 15 is 0 Å². The predicted molar refractivity (Wildman–Crippen MR) is 61.0 cm³/mol. The highest BCUT2D eigenvalue weighted by molar-refractivity contribution is 5.83. The maximum absolute atomic E-state index is 12.2. The van der Waals surface area contributed by atoms with Gasteiger partial charge in [-0.05, 0) is 13.3 Å². The van der Waals surface area contributed by atoms with Crippen LogP contribution in [0.3, 0.4) is 0 Å². The van der Waals surface area contributed by atoms with Gasteiger partial charge in [0.25, 0.3) is 0 Å². The molecule has 2 N–H and O–H groups in total. The fourth-order valence-electron chi connectivity index (χ4n) is 1.89. The summed E-state index contributed by atoms with van der Waals surface area (Å²) in [5, 5.41) is 0. The molecule has 0 aromatic rings. The first kappa shape index (κ1) is 13.4. The van der Waals surface area contributed by atoms with Crippen LogP contribution in [0.25, 0.3) is 0 Å². The van der Waals surface area contributed by atoms with Crippen molar-refractivity contribution in [1.82, 2.24) is 4.90 Å². The Labute approximate surface area is 96.9 Å². The van der Waals surface area contributed by atoms with Crippen molar-refractivity contribution in [2.45, 2.75) is 19.4 Å². The summed E-state index contributed by atoms with van der Waals surface area (Å²) in [7, 11) is 3.46. The van der Waals surface area contributed by atoms with E-state index in [4.69, 9.17) is 15.2 Å². The molecule has 1 aliphatic heterocycles. The predicted octanol–water partition coefficient (Wildman–Crippen LogP) is -0.155. The second kappa shape index (κ2) is 5.61. The molecule has 5 heteroatoms. The van der Waals surface area contributed by atoms with Gasteiger partial charge in [-0.25, -0.2) is 0 Å². The van der Waals surface area contributed by atoms with Crippen LogP contribution in [0.4, 0.5) is 0 Å². The molecule has 0 saturated carbocycles. The molecule has 2 unspecified atom stereocenters. The van der Waals surface area contributed by atoms with E-state index in [0.717, 1.165) is 6.42 Å². The maximum Gasteiger partial charge on any atom is 0.232 e. The summed E-state index contributed by atoms with van der Waals surface area (Å²) in [5.74, 6) is 0.0635. The fraction of sp³-hybridized carbons (Fsp3) is 0.909. The number of methoxy groups -OCH3 is 1. The Bertz CT molecular complexity index is 247. The zero-order valence-electron chi connectivity index (χ0n) is 10.4. The van der Waals surface area contributed by atoms with Gasteiger partial charge < -0.3 is 20.1 Å². The Hall–Kier alpha value is -0.650. The Morgan fingerprint density at radius 3 is 2.88 bits per heavy atom. The minimum absolute atomic E-state index is 0.0635. The number of nitrogens with zero attached hydrogens (tertiary/aromatic N) is 1. The summed E-state index contributed by atoms with van der Waals surface area (Å²) >= 11 is 0. The van der Waals surface area contributed by atoms with E-state index < -0.39 is 5.41 Å². The van der Waals surface area contributed by atoms with Crippen LogP contribution in [0.1, 0.15) is 13.3 Å². The largest absolute Gasteiger partial charge is 0.385 e. The molecule has 1 fully saturated rings. The molecule has 1 saturated heterocycles. The average Bonchev–Trinajstić information content (AvgIpc) is 2.59. The van der Waals surface area contributed by atoms with E-state index in [2.05, 4.69) is 0 Å². The van der Waals surface area contributed by atoms with Gasteiger partial charge in [0.05, 0.1) is 18.6 Å². The molecule has 5 nitrogen and oxygen atoms in total. The fourth-order valence-corrected chi connectivity index (χ4v) is 1.89. The quantitative estimate of drug-likeness (QED) is 0.667. The standard InChI is InChI=1S/C11H22N2O3/c1-11(8-16-7-9(11)12)10(14)13(2)5-4-6-15-3/h9H,4-8,12H2,1-3H3. The monoisotopic (exact) mass is 230 g/mol. The molecule has 0 aliphatic carbocycles. The number of carbonyl (C=O) groups excluding carboxylic acids is 1. The lowest BCUT2D eigenvalue weighted by Gasteiger charge is -2.30. The Balaban J connectivity index is 2.49. The maximum atomic E-state index is 12.2. The molecular formula is C11H22N2O3. The molecule has 16 heavy (non-hydrogen) atoms. The number of rotatable bonds is 5. The van der Waals surface area contributed by atoms with Crippen molar-refractivity contribution in [3.63, 3.8) is 0 Å². The van der Waals surface area contributed by atoms with Gasteiger partial charge in [0.15, 0.2) is 0 Å². The first-order valence-corrected chi connectivity index (χ1v) is 5.60. The van der Waals surface area contributed by atoms with Crippen molar-refractivity contribution in [2.75, 3.05) is 40.5 Å². The number of hydrogen-bond donors (Lipinski definition) is 1. The molecule has 0 aromatic carbocycles. The first-order valence-electron chi connectivity index (χ1n) is 5.60. The third-order valence-electron chi connectivity index (χ3n) is 3.19. The lowest BCUT2D eigenvalue weighted by atomic mass is 9.84. The summed E-state index contributed by atoms with van der Waals surface area (Å²) in [6, 6.07) is -0.204. The van der Waals surface area contributed by atoms with E-state index in [1.807, 2.05) is 6.92 Å². The highest BCUT2D eigenvalue weighted by Crippen LogP contribution is 2.29. The second-order valence-electron chi connectivity index (χ2n) is 4.61. The van der Waals surface area contributed by atoms with Crippen molar-refractivity contribution in [2.24, 2.45) is 11.1 Å². The van der Waals surface area contributed by atoms with Crippen LogP contribution in [-0.2, 0) is 14.3 Å². The molecule has 0 radical (unpaired) electrons. The van der Waals surface area contributed by atoms with Gasteiger partial charge in [-0.3, -0.25) is 4.79 Å². The van der Waals surface area contributed by atoms with Crippen LogP contribution in [0.2, 0.25) is 0 Å². The van der Waals surface area contributed by atoms with Crippen molar-refractivity contribution < 1.29 is 14.3 Å². The molecule has 0 bridgehead atoms. The average molecular weight is 230 g/mol. The van der Waals surface area contributed by atoms with E-state index in [-0.39, 0.29) is 11.9 Å². The van der Waals surface area contributed by atoms with E-state index in [9.17, 15) is 4.79 Å². The van der Waals surface area contributed by atoms with E-state index in [0.29, 0.717) is 26.4 Å². The molecule has 0 aromatic heterocycles.